The molecule has 29 heavy (non-hydrogen) atoms. The van der Waals surface area contributed by atoms with Crippen molar-refractivity contribution in [1.29, 1.82) is 0 Å². The Bertz CT molecular complexity index is 629. The van der Waals surface area contributed by atoms with Crippen molar-refractivity contribution >= 4 is 29.9 Å². The molecule has 6 nitrogen and oxygen atoms in total. The number of nitrogens with zero attached hydrogens (tertiary/aromatic N) is 1. The van der Waals surface area contributed by atoms with Crippen LogP contribution in [-0.2, 0) is 14.9 Å². The smallest absolute Gasteiger partial charge is 0.191 e. The molecule has 2 fully saturated rings. The largest absolute Gasteiger partial charge is 0.496 e. The molecule has 1 aromatic carbocycles. The van der Waals surface area contributed by atoms with Crippen LogP contribution in [0.4, 0.5) is 0 Å². The molecule has 2 aliphatic rings. The highest BCUT2D eigenvalue weighted by molar-refractivity contribution is 14.0. The highest BCUT2D eigenvalue weighted by Crippen LogP contribution is 2.44. The summed E-state index contributed by atoms with van der Waals surface area (Å²) in [6.45, 7) is 4.02. The Hall–Kier alpha value is -1.06. The molecular weight excluding hydrogens is 481 g/mol. The average molecular weight is 517 g/mol. The van der Waals surface area contributed by atoms with Gasteiger partial charge in [0.25, 0.3) is 0 Å². The second kappa shape index (κ2) is 12.6. The Balaban J connectivity index is 0.00000300. The summed E-state index contributed by atoms with van der Waals surface area (Å²) in [5.41, 5.74) is 1.42. The van der Waals surface area contributed by atoms with Gasteiger partial charge in [-0.3, -0.25) is 4.99 Å². The van der Waals surface area contributed by atoms with Crippen LogP contribution < -0.4 is 15.4 Å². The van der Waals surface area contributed by atoms with Crippen molar-refractivity contribution < 1.29 is 14.2 Å². The summed E-state index contributed by atoms with van der Waals surface area (Å²) in [6.07, 6.45) is 7.11. The number of benzene rings is 1. The van der Waals surface area contributed by atoms with Crippen LogP contribution in [0.2, 0.25) is 0 Å². The van der Waals surface area contributed by atoms with Crippen molar-refractivity contribution in [3.8, 4) is 5.75 Å². The van der Waals surface area contributed by atoms with Gasteiger partial charge in [0, 0.05) is 44.3 Å². The molecule has 1 heterocycles. The SMILES string of the molecule is CN=C(NCCCOC1CCOC1)NCC1(c2ccccc2OC)CCCC1.I. The molecule has 1 unspecified atom stereocenters. The van der Waals surface area contributed by atoms with Crippen molar-refractivity contribution in [3.63, 3.8) is 0 Å². The predicted octanol–water partition coefficient (Wildman–Crippen LogP) is 3.49. The first-order valence-electron chi connectivity index (χ1n) is 10.5. The third kappa shape index (κ3) is 6.72. The van der Waals surface area contributed by atoms with Crippen LogP contribution in [0.25, 0.3) is 0 Å². The van der Waals surface area contributed by atoms with E-state index in [2.05, 4.69) is 33.8 Å². The minimum atomic E-state index is 0. The molecule has 0 spiro atoms. The van der Waals surface area contributed by atoms with E-state index >= 15 is 0 Å². The first kappa shape index (κ1) is 24.2. The molecule has 0 aromatic heterocycles. The molecule has 1 aliphatic carbocycles. The van der Waals surface area contributed by atoms with Crippen LogP contribution in [0.1, 0.15) is 44.1 Å². The maximum absolute atomic E-state index is 5.82. The normalized spacial score (nSPS) is 20.9. The fourth-order valence-corrected chi connectivity index (χ4v) is 4.32. The Kier molecular flexibility index (Phi) is 10.5. The number of nitrogens with one attached hydrogen (secondary N) is 2. The van der Waals surface area contributed by atoms with Crippen LogP contribution in [0.15, 0.2) is 29.3 Å². The molecule has 3 rings (SSSR count). The fraction of sp³-hybridized carbons (Fsp3) is 0.682. The third-order valence-electron chi connectivity index (χ3n) is 5.91. The minimum absolute atomic E-state index is 0. The van der Waals surface area contributed by atoms with Crippen molar-refractivity contribution in [1.82, 2.24) is 10.6 Å². The van der Waals surface area contributed by atoms with E-state index in [1.165, 1.54) is 31.2 Å². The van der Waals surface area contributed by atoms with Crippen molar-refractivity contribution in [2.75, 3.05) is 47.1 Å². The molecule has 2 N–H and O–H groups in total. The molecule has 0 bridgehead atoms. The maximum atomic E-state index is 5.82. The minimum Gasteiger partial charge on any atom is -0.496 e. The number of rotatable bonds is 9. The first-order chi connectivity index (χ1) is 13.8. The fourth-order valence-electron chi connectivity index (χ4n) is 4.32. The van der Waals surface area contributed by atoms with E-state index in [-0.39, 0.29) is 35.5 Å². The molecule has 1 aromatic rings. The summed E-state index contributed by atoms with van der Waals surface area (Å²) in [7, 11) is 3.58. The van der Waals surface area contributed by atoms with Gasteiger partial charge in [-0.1, -0.05) is 31.0 Å². The standard InChI is InChI=1S/C22H35N3O3.HI/c1-23-21(24-13-7-14-28-18-10-15-27-16-18)25-17-22(11-5-6-12-22)19-8-3-4-9-20(19)26-2;/h3-4,8-9,18H,5-7,10-17H2,1-2H3,(H2,23,24,25);1H. The van der Waals surface area contributed by atoms with E-state index < -0.39 is 0 Å². The van der Waals surface area contributed by atoms with Gasteiger partial charge in [-0.15, -0.1) is 24.0 Å². The maximum Gasteiger partial charge on any atom is 0.191 e. The lowest BCUT2D eigenvalue weighted by Crippen LogP contribution is -2.45. The van der Waals surface area contributed by atoms with Crippen LogP contribution in [0, 0.1) is 0 Å². The van der Waals surface area contributed by atoms with E-state index in [1.807, 2.05) is 13.1 Å². The molecular formula is C22H36IN3O3. The summed E-state index contributed by atoms with van der Waals surface area (Å²) in [6, 6.07) is 8.43. The molecule has 1 aliphatic heterocycles. The zero-order valence-corrected chi connectivity index (χ0v) is 20.1. The Morgan fingerprint density at radius 2 is 2.03 bits per heavy atom. The summed E-state index contributed by atoms with van der Waals surface area (Å²) >= 11 is 0. The zero-order valence-electron chi connectivity index (χ0n) is 17.7. The quantitative estimate of drug-likeness (QED) is 0.227. The van der Waals surface area contributed by atoms with Gasteiger partial charge in [0.05, 0.1) is 19.8 Å². The second-order valence-corrected chi connectivity index (χ2v) is 7.75. The highest BCUT2D eigenvalue weighted by atomic mass is 127. The van der Waals surface area contributed by atoms with Crippen LogP contribution >= 0.6 is 24.0 Å². The van der Waals surface area contributed by atoms with Gasteiger partial charge in [-0.05, 0) is 31.7 Å². The van der Waals surface area contributed by atoms with Crippen molar-refractivity contribution in [3.05, 3.63) is 29.8 Å². The molecule has 164 valence electrons. The summed E-state index contributed by atoms with van der Waals surface area (Å²) in [5.74, 6) is 1.84. The van der Waals surface area contributed by atoms with Gasteiger partial charge in [-0.2, -0.15) is 0 Å². The van der Waals surface area contributed by atoms with E-state index in [1.54, 1.807) is 7.11 Å². The van der Waals surface area contributed by atoms with Gasteiger partial charge in [0.2, 0.25) is 0 Å². The van der Waals surface area contributed by atoms with Crippen LogP contribution in [-0.4, -0.2) is 59.1 Å². The number of aliphatic imine (C=N–C) groups is 1. The van der Waals surface area contributed by atoms with Gasteiger partial charge in [0.15, 0.2) is 5.96 Å². The number of guanidine groups is 1. The van der Waals surface area contributed by atoms with E-state index in [4.69, 9.17) is 14.2 Å². The first-order valence-corrected chi connectivity index (χ1v) is 10.5. The number of hydrogen-bond donors (Lipinski definition) is 2. The molecule has 0 amide bonds. The number of para-hydroxylation sites is 1. The summed E-state index contributed by atoms with van der Waals surface area (Å²) < 4.78 is 16.8. The van der Waals surface area contributed by atoms with E-state index in [0.29, 0.717) is 0 Å². The van der Waals surface area contributed by atoms with Gasteiger partial charge < -0.3 is 24.8 Å². The van der Waals surface area contributed by atoms with E-state index in [9.17, 15) is 0 Å². The van der Waals surface area contributed by atoms with Crippen molar-refractivity contribution in [2.45, 2.75) is 50.0 Å². The lowest BCUT2D eigenvalue weighted by atomic mass is 9.78. The molecule has 1 saturated heterocycles. The highest BCUT2D eigenvalue weighted by Gasteiger charge is 2.37. The summed E-state index contributed by atoms with van der Waals surface area (Å²) in [4.78, 5) is 4.39. The van der Waals surface area contributed by atoms with Crippen LogP contribution in [0.3, 0.4) is 0 Å². The molecule has 1 saturated carbocycles. The average Bonchev–Trinajstić information content (AvgIpc) is 3.43. The Labute approximate surface area is 192 Å². The lowest BCUT2D eigenvalue weighted by molar-refractivity contribution is 0.0420. The second-order valence-electron chi connectivity index (χ2n) is 7.75. The monoisotopic (exact) mass is 517 g/mol. The molecule has 1 atom stereocenters. The van der Waals surface area contributed by atoms with Gasteiger partial charge >= 0.3 is 0 Å². The lowest BCUT2D eigenvalue weighted by Gasteiger charge is -2.32. The van der Waals surface area contributed by atoms with Gasteiger partial charge in [-0.25, -0.2) is 0 Å². The number of halogens is 1. The van der Waals surface area contributed by atoms with E-state index in [0.717, 1.165) is 57.5 Å². The number of methoxy groups -OCH3 is 1. The van der Waals surface area contributed by atoms with Crippen molar-refractivity contribution in [2.24, 2.45) is 4.99 Å². The Morgan fingerprint density at radius 1 is 1.24 bits per heavy atom. The van der Waals surface area contributed by atoms with Crippen LogP contribution in [0.5, 0.6) is 5.75 Å². The molecule has 7 heteroatoms. The summed E-state index contributed by atoms with van der Waals surface area (Å²) in [5, 5.41) is 6.97. The Morgan fingerprint density at radius 3 is 2.72 bits per heavy atom. The predicted molar refractivity (Wildman–Crippen MR) is 128 cm³/mol. The van der Waals surface area contributed by atoms with Gasteiger partial charge in [0.1, 0.15) is 5.75 Å². The topological polar surface area (TPSA) is 64.1 Å². The number of ether oxygens (including phenoxy) is 3. The third-order valence-corrected chi connectivity index (χ3v) is 5.91. The molecule has 0 radical (unpaired) electrons. The zero-order chi connectivity index (χ0) is 19.7. The number of hydrogen-bond acceptors (Lipinski definition) is 4.